The quantitative estimate of drug-likeness (QED) is 0.242. The summed E-state index contributed by atoms with van der Waals surface area (Å²) in [6.07, 6.45) is 23.9. The molecule has 1 aromatic rings. The van der Waals surface area contributed by atoms with Crippen molar-refractivity contribution >= 4 is 0 Å². The fourth-order valence-corrected chi connectivity index (χ4v) is 3.60. The van der Waals surface area contributed by atoms with Crippen LogP contribution in [0.4, 0.5) is 0 Å². The summed E-state index contributed by atoms with van der Waals surface area (Å²) in [6.45, 7) is 9.23. The molecule has 2 nitrogen and oxygen atoms in total. The third-order valence-electron chi connectivity index (χ3n) is 5.03. The second kappa shape index (κ2) is 14.5. The molecule has 0 radical (unpaired) electrons. The Hall–Kier alpha value is -0.790. The van der Waals surface area contributed by atoms with E-state index >= 15 is 0 Å². The number of hydrogen-bond donors (Lipinski definition) is 0. The summed E-state index contributed by atoms with van der Waals surface area (Å²) >= 11 is 0. The third kappa shape index (κ3) is 8.89. The van der Waals surface area contributed by atoms with E-state index < -0.39 is 0 Å². The second-order valence-electron chi connectivity index (χ2n) is 7.39. The van der Waals surface area contributed by atoms with E-state index in [-0.39, 0.29) is 0 Å². The standard InChI is InChI=1S/C22H43N2/c1-4-7-8-9-10-11-12-13-14-15-16-19-24-21-20-23(18-6-3)22(24)17-5-2/h20-21H,4-19H2,1-3H3/q+1. The van der Waals surface area contributed by atoms with Crippen LogP contribution in [0.15, 0.2) is 12.4 Å². The summed E-state index contributed by atoms with van der Waals surface area (Å²) < 4.78 is 4.97. The van der Waals surface area contributed by atoms with Gasteiger partial charge in [-0.15, -0.1) is 0 Å². The molecule has 140 valence electrons. The van der Waals surface area contributed by atoms with Crippen LogP contribution in [0.5, 0.6) is 0 Å². The van der Waals surface area contributed by atoms with Crippen molar-refractivity contribution in [3.63, 3.8) is 0 Å². The number of aryl methyl sites for hydroxylation is 2. The van der Waals surface area contributed by atoms with Gasteiger partial charge in [0.15, 0.2) is 0 Å². The second-order valence-corrected chi connectivity index (χ2v) is 7.39. The lowest BCUT2D eigenvalue weighted by Crippen LogP contribution is -2.37. The highest BCUT2D eigenvalue weighted by molar-refractivity contribution is 4.83. The van der Waals surface area contributed by atoms with Crippen molar-refractivity contribution in [1.82, 2.24) is 4.57 Å². The molecular formula is C22H43N2+. The van der Waals surface area contributed by atoms with E-state index in [9.17, 15) is 0 Å². The van der Waals surface area contributed by atoms with Gasteiger partial charge in [0.05, 0.1) is 13.1 Å². The lowest BCUT2D eigenvalue weighted by molar-refractivity contribution is -0.704. The van der Waals surface area contributed by atoms with Gasteiger partial charge < -0.3 is 0 Å². The van der Waals surface area contributed by atoms with Crippen LogP contribution in [0.1, 0.15) is 110 Å². The van der Waals surface area contributed by atoms with Crippen molar-refractivity contribution in [2.45, 2.75) is 124 Å². The van der Waals surface area contributed by atoms with Crippen molar-refractivity contribution in [3.8, 4) is 0 Å². The van der Waals surface area contributed by atoms with E-state index in [1.807, 2.05) is 0 Å². The molecule has 0 atom stereocenters. The summed E-state index contributed by atoms with van der Waals surface area (Å²) in [5, 5.41) is 0. The van der Waals surface area contributed by atoms with Gasteiger partial charge in [0, 0.05) is 6.42 Å². The average Bonchev–Trinajstić information content (AvgIpc) is 2.95. The predicted octanol–water partition coefficient (Wildman–Crippen LogP) is 6.45. The Labute approximate surface area is 151 Å². The monoisotopic (exact) mass is 335 g/mol. The van der Waals surface area contributed by atoms with Crippen LogP contribution in [0.2, 0.25) is 0 Å². The van der Waals surface area contributed by atoms with Gasteiger partial charge in [-0.25, -0.2) is 9.13 Å². The van der Waals surface area contributed by atoms with Gasteiger partial charge in [0.2, 0.25) is 0 Å². The van der Waals surface area contributed by atoms with Crippen LogP contribution < -0.4 is 4.57 Å². The highest BCUT2D eigenvalue weighted by Crippen LogP contribution is 2.11. The molecule has 0 aromatic carbocycles. The number of hydrogen-bond acceptors (Lipinski definition) is 0. The molecule has 0 aliphatic heterocycles. The molecule has 0 spiro atoms. The van der Waals surface area contributed by atoms with Crippen molar-refractivity contribution in [2.24, 2.45) is 0 Å². The summed E-state index contributed by atoms with van der Waals surface area (Å²) in [6, 6.07) is 0. The lowest BCUT2D eigenvalue weighted by atomic mass is 10.1. The van der Waals surface area contributed by atoms with Gasteiger partial charge >= 0.3 is 0 Å². The first-order chi connectivity index (χ1) is 11.8. The summed E-state index contributed by atoms with van der Waals surface area (Å²) in [5.41, 5.74) is 0. The first-order valence-corrected chi connectivity index (χ1v) is 10.9. The molecule has 2 heteroatoms. The number of aromatic nitrogens is 2. The van der Waals surface area contributed by atoms with Crippen molar-refractivity contribution in [3.05, 3.63) is 18.2 Å². The topological polar surface area (TPSA) is 8.81 Å². The smallest absolute Gasteiger partial charge is 0.234 e. The molecule has 24 heavy (non-hydrogen) atoms. The molecule has 1 rings (SSSR count). The fourth-order valence-electron chi connectivity index (χ4n) is 3.60. The van der Waals surface area contributed by atoms with E-state index in [2.05, 4.69) is 42.3 Å². The number of imidazole rings is 1. The zero-order chi connectivity index (χ0) is 17.5. The Morgan fingerprint density at radius 1 is 0.708 bits per heavy atom. The summed E-state index contributed by atoms with van der Waals surface area (Å²) in [5.74, 6) is 1.53. The van der Waals surface area contributed by atoms with Crippen LogP contribution in [-0.2, 0) is 19.5 Å². The van der Waals surface area contributed by atoms with Gasteiger partial charge in [-0.3, -0.25) is 0 Å². The maximum atomic E-state index is 2.51. The van der Waals surface area contributed by atoms with Crippen LogP contribution in [-0.4, -0.2) is 4.57 Å². The Morgan fingerprint density at radius 2 is 1.29 bits per heavy atom. The van der Waals surface area contributed by atoms with E-state index in [1.54, 1.807) is 0 Å². The van der Waals surface area contributed by atoms with Crippen LogP contribution in [0.25, 0.3) is 0 Å². The zero-order valence-corrected chi connectivity index (χ0v) is 16.9. The normalized spacial score (nSPS) is 11.3. The molecule has 0 N–H and O–H groups in total. The molecule has 0 saturated heterocycles. The average molecular weight is 336 g/mol. The molecule has 0 bridgehead atoms. The van der Waals surface area contributed by atoms with Crippen molar-refractivity contribution in [2.75, 3.05) is 0 Å². The first kappa shape index (κ1) is 21.3. The Bertz CT molecular complexity index is 395. The Kier molecular flexibility index (Phi) is 12.9. The number of nitrogens with zero attached hydrogens (tertiary/aromatic N) is 2. The van der Waals surface area contributed by atoms with Crippen LogP contribution in [0, 0.1) is 0 Å². The Balaban J connectivity index is 2.08. The minimum Gasteiger partial charge on any atom is -0.234 e. The molecular weight excluding hydrogens is 292 g/mol. The van der Waals surface area contributed by atoms with Gasteiger partial charge in [-0.2, -0.15) is 0 Å². The molecule has 0 amide bonds. The van der Waals surface area contributed by atoms with Crippen LogP contribution in [0.3, 0.4) is 0 Å². The van der Waals surface area contributed by atoms with Gasteiger partial charge in [-0.05, 0) is 25.7 Å². The van der Waals surface area contributed by atoms with Gasteiger partial charge in [0.25, 0.3) is 5.82 Å². The molecule has 1 aromatic heterocycles. The SMILES string of the molecule is CCCCCCCCCCCCC[n+]1ccn(CCC)c1CCC. The Morgan fingerprint density at radius 3 is 1.83 bits per heavy atom. The molecule has 0 fully saturated rings. The van der Waals surface area contributed by atoms with Gasteiger partial charge in [-0.1, -0.05) is 78.6 Å². The first-order valence-electron chi connectivity index (χ1n) is 10.9. The third-order valence-corrected chi connectivity index (χ3v) is 5.03. The summed E-state index contributed by atoms with van der Waals surface area (Å²) in [7, 11) is 0. The predicted molar refractivity (Wildman–Crippen MR) is 105 cm³/mol. The maximum Gasteiger partial charge on any atom is 0.256 e. The highest BCUT2D eigenvalue weighted by Gasteiger charge is 2.14. The maximum absolute atomic E-state index is 2.51. The van der Waals surface area contributed by atoms with Gasteiger partial charge in [0.1, 0.15) is 12.4 Å². The van der Waals surface area contributed by atoms with E-state index in [0.29, 0.717) is 0 Å². The minimum atomic E-state index is 1.17. The van der Waals surface area contributed by atoms with E-state index in [4.69, 9.17) is 0 Å². The molecule has 0 aliphatic carbocycles. The van der Waals surface area contributed by atoms with Crippen molar-refractivity contribution in [1.29, 1.82) is 0 Å². The minimum absolute atomic E-state index is 1.17. The van der Waals surface area contributed by atoms with E-state index in [1.165, 1.54) is 109 Å². The molecule has 0 unspecified atom stereocenters. The molecule has 0 saturated carbocycles. The van der Waals surface area contributed by atoms with Crippen LogP contribution >= 0.6 is 0 Å². The lowest BCUT2D eigenvalue weighted by Gasteiger charge is -2.05. The van der Waals surface area contributed by atoms with E-state index in [0.717, 1.165) is 0 Å². The van der Waals surface area contributed by atoms with Crippen molar-refractivity contribution < 1.29 is 4.57 Å². The number of rotatable bonds is 16. The zero-order valence-electron chi connectivity index (χ0n) is 16.9. The fraction of sp³-hybridized carbons (Fsp3) is 0.864. The summed E-state index contributed by atoms with van der Waals surface area (Å²) in [4.78, 5) is 0. The highest BCUT2D eigenvalue weighted by atomic mass is 15.1. The molecule has 1 heterocycles. The molecule has 0 aliphatic rings. The largest absolute Gasteiger partial charge is 0.256 e. The number of unbranched alkanes of at least 4 members (excludes halogenated alkanes) is 10.